The molecule has 0 spiro atoms. The van der Waals surface area contributed by atoms with Crippen molar-refractivity contribution in [1.82, 2.24) is 4.90 Å². The number of carboxylic acid groups (broad SMARTS) is 1. The van der Waals surface area contributed by atoms with Crippen LogP contribution in [0.5, 0.6) is 0 Å². The van der Waals surface area contributed by atoms with Gasteiger partial charge in [-0.15, -0.1) is 11.8 Å². The van der Waals surface area contributed by atoms with Crippen LogP contribution >= 0.6 is 11.8 Å². The fourth-order valence-electron chi connectivity index (χ4n) is 1.42. The minimum atomic E-state index is -0.821. The summed E-state index contributed by atoms with van der Waals surface area (Å²) < 4.78 is 5.15. The smallest absolute Gasteiger partial charge is 0.304 e. The summed E-state index contributed by atoms with van der Waals surface area (Å²) in [5.74, 6) is -0.390. The Balaban J connectivity index is 2.20. The van der Waals surface area contributed by atoms with Gasteiger partial charge in [0.15, 0.2) is 0 Å². The molecule has 1 rings (SSSR count). The standard InChI is InChI=1S/C10H17NO4S/c1-8(6-10(13)14)16-7-9(12)11-2-4-15-5-3-11/h8H,2-7H2,1H3,(H,13,14). The highest BCUT2D eigenvalue weighted by molar-refractivity contribution is 8.00. The molecule has 1 heterocycles. The van der Waals surface area contributed by atoms with Gasteiger partial charge in [-0.3, -0.25) is 9.59 Å². The van der Waals surface area contributed by atoms with E-state index in [9.17, 15) is 9.59 Å². The van der Waals surface area contributed by atoms with Crippen molar-refractivity contribution in [3.8, 4) is 0 Å². The Morgan fingerprint density at radius 3 is 2.62 bits per heavy atom. The number of thioether (sulfide) groups is 1. The predicted octanol–water partition coefficient (Wildman–Crippen LogP) is 0.442. The van der Waals surface area contributed by atoms with Gasteiger partial charge in [0.1, 0.15) is 0 Å². The monoisotopic (exact) mass is 247 g/mol. The van der Waals surface area contributed by atoms with Crippen LogP contribution in [0.1, 0.15) is 13.3 Å². The summed E-state index contributed by atoms with van der Waals surface area (Å²) in [6, 6.07) is 0. The molecule has 1 amide bonds. The van der Waals surface area contributed by atoms with Crippen LogP contribution in [-0.4, -0.2) is 59.2 Å². The zero-order valence-corrected chi connectivity index (χ0v) is 10.2. The van der Waals surface area contributed by atoms with Crippen LogP contribution in [-0.2, 0) is 14.3 Å². The molecule has 1 aliphatic rings. The molecule has 0 bridgehead atoms. The third-order valence-corrected chi connectivity index (χ3v) is 3.47. The van der Waals surface area contributed by atoms with Crippen LogP contribution in [0, 0.1) is 0 Å². The molecule has 1 unspecified atom stereocenters. The zero-order valence-electron chi connectivity index (χ0n) is 9.35. The van der Waals surface area contributed by atoms with Gasteiger partial charge in [0.05, 0.1) is 25.4 Å². The maximum Gasteiger partial charge on any atom is 0.304 e. The second-order valence-electron chi connectivity index (χ2n) is 3.71. The minimum Gasteiger partial charge on any atom is -0.481 e. The number of morpholine rings is 1. The lowest BCUT2D eigenvalue weighted by Gasteiger charge is -2.27. The van der Waals surface area contributed by atoms with E-state index in [0.29, 0.717) is 32.1 Å². The summed E-state index contributed by atoms with van der Waals surface area (Å²) in [5.41, 5.74) is 0. The number of amides is 1. The number of hydrogen-bond acceptors (Lipinski definition) is 4. The van der Waals surface area contributed by atoms with Gasteiger partial charge >= 0.3 is 5.97 Å². The predicted molar refractivity (Wildman–Crippen MR) is 61.6 cm³/mol. The van der Waals surface area contributed by atoms with Gasteiger partial charge in [0.2, 0.25) is 5.91 Å². The van der Waals surface area contributed by atoms with Gasteiger partial charge < -0.3 is 14.7 Å². The first-order chi connectivity index (χ1) is 7.59. The SMILES string of the molecule is CC(CC(=O)O)SCC(=O)N1CCOCC1. The lowest BCUT2D eigenvalue weighted by atomic mass is 10.3. The number of hydrogen-bond donors (Lipinski definition) is 1. The molecule has 1 N–H and O–H groups in total. The van der Waals surface area contributed by atoms with Crippen molar-refractivity contribution in [3.05, 3.63) is 0 Å². The fraction of sp³-hybridized carbons (Fsp3) is 0.800. The fourth-order valence-corrected chi connectivity index (χ4v) is 2.29. The van der Waals surface area contributed by atoms with Gasteiger partial charge in [-0.05, 0) is 0 Å². The van der Waals surface area contributed by atoms with Crippen molar-refractivity contribution < 1.29 is 19.4 Å². The molecule has 0 radical (unpaired) electrons. The number of ether oxygens (including phenoxy) is 1. The Bertz CT molecular complexity index is 253. The molecular weight excluding hydrogens is 230 g/mol. The number of rotatable bonds is 5. The van der Waals surface area contributed by atoms with E-state index in [0.717, 1.165) is 0 Å². The van der Waals surface area contributed by atoms with E-state index in [-0.39, 0.29) is 17.6 Å². The van der Waals surface area contributed by atoms with E-state index in [1.165, 1.54) is 11.8 Å². The number of carboxylic acids is 1. The Labute approximate surface area is 99.1 Å². The van der Waals surface area contributed by atoms with Gasteiger partial charge in [-0.2, -0.15) is 0 Å². The average Bonchev–Trinajstić information content (AvgIpc) is 2.26. The van der Waals surface area contributed by atoms with E-state index in [2.05, 4.69) is 0 Å². The van der Waals surface area contributed by atoms with E-state index in [1.807, 2.05) is 6.92 Å². The second-order valence-corrected chi connectivity index (χ2v) is 5.14. The number of carbonyl (C=O) groups is 2. The molecule has 0 aromatic rings. The van der Waals surface area contributed by atoms with Crippen molar-refractivity contribution in [2.75, 3.05) is 32.1 Å². The van der Waals surface area contributed by atoms with Crippen LogP contribution in [0.25, 0.3) is 0 Å². The van der Waals surface area contributed by atoms with Crippen LogP contribution in [0.15, 0.2) is 0 Å². The molecule has 1 aliphatic heterocycles. The maximum absolute atomic E-state index is 11.7. The third-order valence-electron chi connectivity index (χ3n) is 2.32. The summed E-state index contributed by atoms with van der Waals surface area (Å²) in [7, 11) is 0. The van der Waals surface area contributed by atoms with Crippen molar-refractivity contribution in [2.45, 2.75) is 18.6 Å². The second kappa shape index (κ2) is 6.75. The van der Waals surface area contributed by atoms with Crippen LogP contribution in [0.2, 0.25) is 0 Å². The quantitative estimate of drug-likeness (QED) is 0.763. The van der Waals surface area contributed by atoms with E-state index in [1.54, 1.807) is 4.90 Å². The molecule has 5 nitrogen and oxygen atoms in total. The topological polar surface area (TPSA) is 66.8 Å². The highest BCUT2D eigenvalue weighted by atomic mass is 32.2. The van der Waals surface area contributed by atoms with E-state index >= 15 is 0 Å². The molecule has 92 valence electrons. The Hall–Kier alpha value is -0.750. The molecule has 1 atom stereocenters. The van der Waals surface area contributed by atoms with E-state index < -0.39 is 5.97 Å². The lowest BCUT2D eigenvalue weighted by Crippen LogP contribution is -2.41. The summed E-state index contributed by atoms with van der Waals surface area (Å²) in [6.45, 7) is 4.31. The first-order valence-corrected chi connectivity index (χ1v) is 6.33. The Morgan fingerprint density at radius 1 is 1.44 bits per heavy atom. The number of aliphatic carboxylic acids is 1. The highest BCUT2D eigenvalue weighted by Gasteiger charge is 2.18. The largest absolute Gasteiger partial charge is 0.481 e. The zero-order chi connectivity index (χ0) is 12.0. The average molecular weight is 247 g/mol. The summed E-state index contributed by atoms with van der Waals surface area (Å²) >= 11 is 1.39. The van der Waals surface area contributed by atoms with Gasteiger partial charge in [-0.25, -0.2) is 0 Å². The molecule has 0 aromatic carbocycles. The molecule has 0 saturated carbocycles. The third kappa shape index (κ3) is 4.85. The molecule has 1 fully saturated rings. The summed E-state index contributed by atoms with van der Waals surface area (Å²) in [4.78, 5) is 23.9. The van der Waals surface area contributed by atoms with Crippen molar-refractivity contribution in [3.63, 3.8) is 0 Å². The highest BCUT2D eigenvalue weighted by Crippen LogP contribution is 2.15. The van der Waals surface area contributed by atoms with Crippen molar-refractivity contribution in [1.29, 1.82) is 0 Å². The van der Waals surface area contributed by atoms with E-state index in [4.69, 9.17) is 9.84 Å². The van der Waals surface area contributed by atoms with Crippen LogP contribution < -0.4 is 0 Å². The molecule has 0 aliphatic carbocycles. The van der Waals surface area contributed by atoms with Gasteiger partial charge in [-0.1, -0.05) is 6.92 Å². The first kappa shape index (κ1) is 13.3. The summed E-state index contributed by atoms with van der Waals surface area (Å²) in [6.07, 6.45) is 0.0983. The molecule has 1 saturated heterocycles. The van der Waals surface area contributed by atoms with Crippen LogP contribution in [0.3, 0.4) is 0 Å². The summed E-state index contributed by atoms with van der Waals surface area (Å²) in [5, 5.41) is 8.55. The van der Waals surface area contributed by atoms with Crippen molar-refractivity contribution >= 4 is 23.6 Å². The Kier molecular flexibility index (Phi) is 5.62. The van der Waals surface area contributed by atoms with Crippen molar-refractivity contribution in [2.24, 2.45) is 0 Å². The molecular formula is C10H17NO4S. The maximum atomic E-state index is 11.7. The minimum absolute atomic E-state index is 0.0255. The lowest BCUT2D eigenvalue weighted by molar-refractivity contribution is -0.137. The molecule has 16 heavy (non-hydrogen) atoms. The first-order valence-electron chi connectivity index (χ1n) is 5.28. The van der Waals surface area contributed by atoms with Gasteiger partial charge in [0.25, 0.3) is 0 Å². The normalized spacial score (nSPS) is 18.2. The number of nitrogens with zero attached hydrogens (tertiary/aromatic N) is 1. The number of carbonyl (C=O) groups excluding carboxylic acids is 1. The van der Waals surface area contributed by atoms with Gasteiger partial charge in [0, 0.05) is 18.3 Å². The Morgan fingerprint density at radius 2 is 2.06 bits per heavy atom. The van der Waals surface area contributed by atoms with Crippen LogP contribution in [0.4, 0.5) is 0 Å². The molecule has 6 heteroatoms. The molecule has 0 aromatic heterocycles.